The first-order valence-electron chi connectivity index (χ1n) is 5.29. The summed E-state index contributed by atoms with van der Waals surface area (Å²) < 4.78 is 70.5. The van der Waals surface area contributed by atoms with E-state index in [1.807, 2.05) is 0 Å². The van der Waals surface area contributed by atoms with E-state index in [0.29, 0.717) is 12.1 Å². The molecule has 0 amide bonds. The van der Waals surface area contributed by atoms with Crippen LogP contribution in [-0.2, 0) is 6.61 Å². The number of benzene rings is 2. The van der Waals surface area contributed by atoms with Crippen LogP contribution in [0.1, 0.15) is 5.56 Å². The minimum atomic E-state index is -1.62. The summed E-state index contributed by atoms with van der Waals surface area (Å²) in [4.78, 5) is 0. The quantitative estimate of drug-likeness (QED) is 0.573. The number of halogens is 6. The molecule has 2 aromatic rings. The van der Waals surface area contributed by atoms with Crippen molar-refractivity contribution in [3.8, 4) is 5.75 Å². The predicted molar refractivity (Wildman–Crippen MR) is 64.7 cm³/mol. The highest BCUT2D eigenvalue weighted by molar-refractivity contribution is 9.10. The number of ether oxygens (including phenoxy) is 1. The summed E-state index contributed by atoms with van der Waals surface area (Å²) in [7, 11) is 0. The summed E-state index contributed by atoms with van der Waals surface area (Å²) in [5.74, 6) is -7.05. The standard InChI is InChI=1S/C13H6BrF5O/c14-7-3-10(17)13(11(18)4-7)20-5-6-1-8(15)12(19)9(16)2-6/h1-4H,5H2. The van der Waals surface area contributed by atoms with Crippen LogP contribution >= 0.6 is 15.9 Å². The van der Waals surface area contributed by atoms with Gasteiger partial charge in [0.05, 0.1) is 0 Å². The molecule has 0 atom stereocenters. The van der Waals surface area contributed by atoms with E-state index in [0.717, 1.165) is 12.1 Å². The van der Waals surface area contributed by atoms with Gasteiger partial charge in [-0.05, 0) is 29.8 Å². The van der Waals surface area contributed by atoms with Gasteiger partial charge in [-0.3, -0.25) is 0 Å². The van der Waals surface area contributed by atoms with Crippen LogP contribution in [0, 0.1) is 29.1 Å². The molecule has 0 unspecified atom stereocenters. The first-order valence-corrected chi connectivity index (χ1v) is 6.08. The summed E-state index contributed by atoms with van der Waals surface area (Å²) >= 11 is 2.89. The lowest BCUT2D eigenvalue weighted by molar-refractivity contribution is 0.272. The molecule has 0 spiro atoms. The van der Waals surface area contributed by atoms with Gasteiger partial charge in [0.1, 0.15) is 6.61 Å². The Morgan fingerprint density at radius 2 is 1.30 bits per heavy atom. The second-order valence-corrected chi connectivity index (χ2v) is 4.78. The Morgan fingerprint density at radius 1 is 0.800 bits per heavy atom. The molecule has 0 aliphatic rings. The van der Waals surface area contributed by atoms with Crippen LogP contribution in [0.15, 0.2) is 28.7 Å². The van der Waals surface area contributed by atoms with Crippen molar-refractivity contribution in [1.29, 1.82) is 0 Å². The SMILES string of the molecule is Fc1cc(COc2c(F)cc(Br)cc2F)cc(F)c1F. The highest BCUT2D eigenvalue weighted by Gasteiger charge is 2.14. The van der Waals surface area contributed by atoms with Gasteiger partial charge >= 0.3 is 0 Å². The van der Waals surface area contributed by atoms with Gasteiger partial charge < -0.3 is 4.74 Å². The lowest BCUT2D eigenvalue weighted by Gasteiger charge is -2.09. The Kier molecular flexibility index (Phi) is 4.27. The summed E-state index contributed by atoms with van der Waals surface area (Å²) in [5, 5.41) is 0. The zero-order chi connectivity index (χ0) is 14.9. The van der Waals surface area contributed by atoms with Crippen molar-refractivity contribution in [3.05, 3.63) is 63.4 Å². The summed E-state index contributed by atoms with van der Waals surface area (Å²) in [6.07, 6.45) is 0. The molecule has 0 aliphatic carbocycles. The molecule has 0 aliphatic heterocycles. The van der Waals surface area contributed by atoms with Crippen molar-refractivity contribution in [3.63, 3.8) is 0 Å². The summed E-state index contributed by atoms with van der Waals surface area (Å²) in [6.45, 7) is -0.510. The Labute approximate surface area is 119 Å². The van der Waals surface area contributed by atoms with E-state index in [1.165, 1.54) is 0 Å². The third-order valence-electron chi connectivity index (χ3n) is 2.39. The zero-order valence-corrected chi connectivity index (χ0v) is 11.3. The maximum absolute atomic E-state index is 13.4. The summed E-state index contributed by atoms with van der Waals surface area (Å²) in [5.41, 5.74) is -0.0943. The Balaban J connectivity index is 2.21. The molecule has 0 fully saturated rings. The number of hydrogen-bond donors (Lipinski definition) is 0. The first kappa shape index (κ1) is 14.8. The lowest BCUT2D eigenvalue weighted by atomic mass is 10.2. The van der Waals surface area contributed by atoms with Crippen LogP contribution in [0.2, 0.25) is 0 Å². The number of hydrogen-bond acceptors (Lipinski definition) is 1. The topological polar surface area (TPSA) is 9.23 Å². The van der Waals surface area contributed by atoms with Gasteiger partial charge in [0, 0.05) is 4.47 Å². The normalized spacial score (nSPS) is 10.7. The highest BCUT2D eigenvalue weighted by atomic mass is 79.9. The molecule has 0 bridgehead atoms. The lowest BCUT2D eigenvalue weighted by Crippen LogP contribution is -2.02. The average molecular weight is 353 g/mol. The Bertz CT molecular complexity index is 613. The van der Waals surface area contributed by atoms with E-state index in [4.69, 9.17) is 4.74 Å². The maximum Gasteiger partial charge on any atom is 0.194 e. The fraction of sp³-hybridized carbons (Fsp3) is 0.0769. The van der Waals surface area contributed by atoms with Crippen molar-refractivity contribution in [2.45, 2.75) is 6.61 Å². The molecule has 1 nitrogen and oxygen atoms in total. The third kappa shape index (κ3) is 3.09. The molecule has 0 saturated heterocycles. The van der Waals surface area contributed by atoms with Gasteiger partial charge in [-0.15, -0.1) is 0 Å². The average Bonchev–Trinajstić information content (AvgIpc) is 2.34. The molecule has 0 aromatic heterocycles. The van der Waals surface area contributed by atoms with Crippen LogP contribution in [0.3, 0.4) is 0 Å². The molecule has 0 heterocycles. The van der Waals surface area contributed by atoms with E-state index < -0.39 is 41.4 Å². The molecule has 2 rings (SSSR count). The zero-order valence-electron chi connectivity index (χ0n) is 9.69. The minimum Gasteiger partial charge on any atom is -0.483 e. The van der Waals surface area contributed by atoms with Gasteiger partial charge in [0.2, 0.25) is 0 Å². The molecule has 106 valence electrons. The van der Waals surface area contributed by atoms with Crippen molar-refractivity contribution in [2.75, 3.05) is 0 Å². The molecular formula is C13H6BrF5O. The summed E-state index contributed by atoms with van der Waals surface area (Å²) in [6, 6.07) is 3.33. The van der Waals surface area contributed by atoms with Gasteiger partial charge in [-0.2, -0.15) is 0 Å². The molecular weight excluding hydrogens is 347 g/mol. The fourth-order valence-electron chi connectivity index (χ4n) is 1.51. The maximum atomic E-state index is 13.4. The Hall–Kier alpha value is -1.63. The van der Waals surface area contributed by atoms with Crippen LogP contribution in [0.5, 0.6) is 5.75 Å². The van der Waals surface area contributed by atoms with Gasteiger partial charge in [-0.25, -0.2) is 22.0 Å². The largest absolute Gasteiger partial charge is 0.483 e. The van der Waals surface area contributed by atoms with Crippen molar-refractivity contribution < 1.29 is 26.7 Å². The smallest absolute Gasteiger partial charge is 0.194 e. The van der Waals surface area contributed by atoms with Crippen LogP contribution in [0.25, 0.3) is 0 Å². The third-order valence-corrected chi connectivity index (χ3v) is 2.85. The van der Waals surface area contributed by atoms with Crippen LogP contribution in [-0.4, -0.2) is 0 Å². The van der Waals surface area contributed by atoms with E-state index in [9.17, 15) is 22.0 Å². The fourth-order valence-corrected chi connectivity index (χ4v) is 1.92. The predicted octanol–water partition coefficient (Wildman–Crippen LogP) is 4.72. The van der Waals surface area contributed by atoms with Gasteiger partial charge in [-0.1, -0.05) is 15.9 Å². The van der Waals surface area contributed by atoms with Crippen LogP contribution in [0.4, 0.5) is 22.0 Å². The molecule has 0 radical (unpaired) electrons. The highest BCUT2D eigenvalue weighted by Crippen LogP contribution is 2.27. The molecule has 2 aromatic carbocycles. The monoisotopic (exact) mass is 352 g/mol. The molecule has 7 heteroatoms. The Morgan fingerprint density at radius 3 is 1.80 bits per heavy atom. The van der Waals surface area contributed by atoms with Crippen molar-refractivity contribution in [1.82, 2.24) is 0 Å². The van der Waals surface area contributed by atoms with E-state index in [-0.39, 0.29) is 10.0 Å². The van der Waals surface area contributed by atoms with E-state index >= 15 is 0 Å². The van der Waals surface area contributed by atoms with E-state index in [2.05, 4.69) is 15.9 Å². The second-order valence-electron chi connectivity index (χ2n) is 3.86. The first-order chi connectivity index (χ1) is 9.38. The van der Waals surface area contributed by atoms with Crippen molar-refractivity contribution >= 4 is 15.9 Å². The van der Waals surface area contributed by atoms with E-state index in [1.54, 1.807) is 0 Å². The van der Waals surface area contributed by atoms with Gasteiger partial charge in [0.15, 0.2) is 34.8 Å². The van der Waals surface area contributed by atoms with Crippen molar-refractivity contribution in [2.24, 2.45) is 0 Å². The molecule has 0 saturated carbocycles. The minimum absolute atomic E-state index is 0.0943. The number of rotatable bonds is 3. The van der Waals surface area contributed by atoms with Gasteiger partial charge in [0.25, 0.3) is 0 Å². The molecule has 0 N–H and O–H groups in total. The molecule has 20 heavy (non-hydrogen) atoms. The van der Waals surface area contributed by atoms with Crippen LogP contribution < -0.4 is 4.74 Å². The second kappa shape index (κ2) is 5.78.